The average Bonchev–Trinajstić information content (AvgIpc) is 2.92. The van der Waals surface area contributed by atoms with Crippen LogP contribution in [0.15, 0.2) is 33.1 Å². The van der Waals surface area contributed by atoms with Crippen molar-refractivity contribution in [3.63, 3.8) is 0 Å². The van der Waals surface area contributed by atoms with Crippen molar-refractivity contribution in [1.82, 2.24) is 10.2 Å². The molecule has 0 spiro atoms. The zero-order valence-electron chi connectivity index (χ0n) is 10.5. The number of ether oxygens (including phenoxy) is 2. The monoisotopic (exact) mass is 374 g/mol. The van der Waals surface area contributed by atoms with Crippen LogP contribution < -0.4 is 4.74 Å². The quantitative estimate of drug-likeness (QED) is 0.571. The van der Waals surface area contributed by atoms with E-state index in [0.717, 1.165) is 19.6 Å². The van der Waals surface area contributed by atoms with Crippen molar-refractivity contribution in [3.8, 4) is 5.75 Å². The van der Waals surface area contributed by atoms with E-state index in [1.165, 1.54) is 30.2 Å². The van der Waals surface area contributed by atoms with Crippen molar-refractivity contribution in [3.05, 3.63) is 33.7 Å². The topological polar surface area (TPSA) is 61.3 Å². The van der Waals surface area contributed by atoms with Crippen molar-refractivity contribution in [2.45, 2.75) is 10.9 Å². The van der Waals surface area contributed by atoms with Gasteiger partial charge in [0.05, 0.1) is 12.9 Å². The van der Waals surface area contributed by atoms with E-state index in [-0.39, 0.29) is 11.7 Å². The lowest BCUT2D eigenvalue weighted by atomic mass is 10.3. The van der Waals surface area contributed by atoms with E-state index in [0.29, 0.717) is 6.61 Å². The molecule has 0 saturated heterocycles. The van der Waals surface area contributed by atoms with E-state index in [4.69, 9.17) is 4.74 Å². The van der Waals surface area contributed by atoms with Crippen LogP contribution in [-0.2, 0) is 16.1 Å². The SMILES string of the molecule is COC(=O)CSc1nnc(COc2ccc(Br)cc2)s1. The summed E-state index contributed by atoms with van der Waals surface area (Å²) in [7, 11) is 1.36. The highest BCUT2D eigenvalue weighted by molar-refractivity contribution is 9.10. The Hall–Kier alpha value is -1.12. The number of aromatic nitrogens is 2. The molecule has 0 aliphatic carbocycles. The number of carbonyl (C=O) groups is 1. The van der Waals surface area contributed by atoms with Gasteiger partial charge in [-0.2, -0.15) is 0 Å². The van der Waals surface area contributed by atoms with Crippen molar-refractivity contribution in [2.24, 2.45) is 0 Å². The highest BCUT2D eigenvalue weighted by Crippen LogP contribution is 2.24. The minimum atomic E-state index is -0.280. The molecule has 5 nitrogen and oxygen atoms in total. The largest absolute Gasteiger partial charge is 0.486 e. The van der Waals surface area contributed by atoms with Gasteiger partial charge >= 0.3 is 5.97 Å². The molecule has 2 rings (SSSR count). The lowest BCUT2D eigenvalue weighted by Gasteiger charge is -2.02. The number of rotatable bonds is 6. The molecule has 20 heavy (non-hydrogen) atoms. The van der Waals surface area contributed by atoms with Crippen LogP contribution in [0.4, 0.5) is 0 Å². The van der Waals surface area contributed by atoms with Gasteiger partial charge < -0.3 is 9.47 Å². The van der Waals surface area contributed by atoms with Gasteiger partial charge in [-0.05, 0) is 24.3 Å². The fourth-order valence-electron chi connectivity index (χ4n) is 1.21. The number of hydrogen-bond donors (Lipinski definition) is 0. The van der Waals surface area contributed by atoms with Gasteiger partial charge in [0.25, 0.3) is 0 Å². The molecule has 0 N–H and O–H groups in total. The lowest BCUT2D eigenvalue weighted by molar-refractivity contribution is -0.137. The molecule has 2 aromatic rings. The molecular weight excluding hydrogens is 364 g/mol. The summed E-state index contributed by atoms with van der Waals surface area (Å²) in [5.41, 5.74) is 0. The number of nitrogens with zero attached hydrogens (tertiary/aromatic N) is 2. The highest BCUT2D eigenvalue weighted by Gasteiger charge is 2.08. The Labute approximate surface area is 132 Å². The van der Waals surface area contributed by atoms with E-state index < -0.39 is 0 Å². The molecule has 0 saturated carbocycles. The summed E-state index contributed by atoms with van der Waals surface area (Å²) in [6.07, 6.45) is 0. The van der Waals surface area contributed by atoms with Crippen LogP contribution in [0.3, 0.4) is 0 Å². The summed E-state index contributed by atoms with van der Waals surface area (Å²) in [5, 5.41) is 8.76. The molecule has 0 bridgehead atoms. The number of halogens is 1. The van der Waals surface area contributed by atoms with Crippen LogP contribution in [0.25, 0.3) is 0 Å². The minimum Gasteiger partial charge on any atom is -0.486 e. The van der Waals surface area contributed by atoms with Gasteiger partial charge in [0.2, 0.25) is 0 Å². The number of carbonyl (C=O) groups excluding carboxylic acids is 1. The molecule has 0 aliphatic heterocycles. The van der Waals surface area contributed by atoms with Gasteiger partial charge in [-0.3, -0.25) is 4.79 Å². The smallest absolute Gasteiger partial charge is 0.316 e. The van der Waals surface area contributed by atoms with Crippen LogP contribution >= 0.6 is 39.0 Å². The highest BCUT2D eigenvalue weighted by atomic mass is 79.9. The summed E-state index contributed by atoms with van der Waals surface area (Å²) in [5.74, 6) is 0.726. The predicted octanol–water partition coefficient (Wildman–Crippen LogP) is 3.14. The summed E-state index contributed by atoms with van der Waals surface area (Å²) in [4.78, 5) is 11.0. The Morgan fingerprint density at radius 2 is 2.10 bits per heavy atom. The lowest BCUT2D eigenvalue weighted by Crippen LogP contribution is -2.02. The second-order valence-electron chi connectivity index (χ2n) is 3.57. The number of thioether (sulfide) groups is 1. The number of hydrogen-bond acceptors (Lipinski definition) is 7. The zero-order chi connectivity index (χ0) is 14.4. The summed E-state index contributed by atoms with van der Waals surface area (Å²) in [6, 6.07) is 7.57. The summed E-state index contributed by atoms with van der Waals surface area (Å²) < 4.78 is 11.9. The second-order valence-corrected chi connectivity index (χ2v) is 6.77. The molecule has 1 aromatic heterocycles. The Kier molecular flexibility index (Phi) is 5.81. The molecule has 0 fully saturated rings. The predicted molar refractivity (Wildman–Crippen MR) is 81.1 cm³/mol. The maximum Gasteiger partial charge on any atom is 0.316 e. The van der Waals surface area contributed by atoms with E-state index >= 15 is 0 Å². The van der Waals surface area contributed by atoms with E-state index in [9.17, 15) is 4.79 Å². The normalized spacial score (nSPS) is 10.3. The van der Waals surface area contributed by atoms with E-state index in [1.807, 2.05) is 24.3 Å². The second kappa shape index (κ2) is 7.61. The molecular formula is C12H11BrN2O3S2. The Bertz CT molecular complexity index is 574. The average molecular weight is 375 g/mol. The number of methoxy groups -OCH3 is 1. The fraction of sp³-hybridized carbons (Fsp3) is 0.250. The zero-order valence-corrected chi connectivity index (χ0v) is 13.8. The molecule has 1 heterocycles. The van der Waals surface area contributed by atoms with E-state index in [1.54, 1.807) is 0 Å². The number of esters is 1. The van der Waals surface area contributed by atoms with Crippen LogP contribution in [0, 0.1) is 0 Å². The first-order chi connectivity index (χ1) is 9.67. The first-order valence-corrected chi connectivity index (χ1v) is 8.17. The Balaban J connectivity index is 1.83. The van der Waals surface area contributed by atoms with Crippen molar-refractivity contribution >= 4 is 45.0 Å². The number of benzene rings is 1. The fourth-order valence-corrected chi connectivity index (χ4v) is 3.12. The maximum absolute atomic E-state index is 11.0. The molecule has 0 unspecified atom stereocenters. The van der Waals surface area contributed by atoms with Crippen molar-refractivity contribution < 1.29 is 14.3 Å². The summed E-state index contributed by atoms with van der Waals surface area (Å²) >= 11 is 6.08. The first kappa shape index (κ1) is 15.3. The summed E-state index contributed by atoms with van der Waals surface area (Å²) in [6.45, 7) is 0.359. The van der Waals surface area contributed by atoms with Gasteiger partial charge in [-0.1, -0.05) is 39.0 Å². The standard InChI is InChI=1S/C12H11BrN2O3S2/c1-17-11(16)7-19-12-15-14-10(20-12)6-18-9-4-2-8(13)3-5-9/h2-5H,6-7H2,1H3. The molecule has 1 aromatic carbocycles. The van der Waals surface area contributed by atoms with Crippen molar-refractivity contribution in [2.75, 3.05) is 12.9 Å². The van der Waals surface area contributed by atoms with Crippen LogP contribution in [0.1, 0.15) is 5.01 Å². The van der Waals surface area contributed by atoms with Crippen LogP contribution in [0.5, 0.6) is 5.75 Å². The van der Waals surface area contributed by atoms with Gasteiger partial charge in [-0.15, -0.1) is 10.2 Å². The molecule has 0 atom stereocenters. The van der Waals surface area contributed by atoms with Gasteiger partial charge in [0.15, 0.2) is 9.35 Å². The molecule has 106 valence electrons. The van der Waals surface area contributed by atoms with Gasteiger partial charge in [0.1, 0.15) is 12.4 Å². The molecule has 8 heteroatoms. The third-order valence-corrected chi connectivity index (χ3v) is 4.70. The van der Waals surface area contributed by atoms with Gasteiger partial charge in [-0.25, -0.2) is 0 Å². The molecule has 0 radical (unpaired) electrons. The first-order valence-electron chi connectivity index (χ1n) is 5.58. The molecule has 0 aliphatic rings. The third-order valence-electron chi connectivity index (χ3n) is 2.17. The van der Waals surface area contributed by atoms with Crippen LogP contribution in [0.2, 0.25) is 0 Å². The molecule has 0 amide bonds. The Morgan fingerprint density at radius 3 is 2.80 bits per heavy atom. The van der Waals surface area contributed by atoms with E-state index in [2.05, 4.69) is 30.9 Å². The minimum absolute atomic E-state index is 0.235. The maximum atomic E-state index is 11.0. The van der Waals surface area contributed by atoms with Crippen molar-refractivity contribution in [1.29, 1.82) is 0 Å². The van der Waals surface area contributed by atoms with Gasteiger partial charge in [0, 0.05) is 4.47 Å². The van der Waals surface area contributed by atoms with Crippen LogP contribution in [-0.4, -0.2) is 29.0 Å². The Morgan fingerprint density at radius 1 is 1.35 bits per heavy atom. The third kappa shape index (κ3) is 4.77.